The lowest BCUT2D eigenvalue weighted by molar-refractivity contribution is -0.123. The summed E-state index contributed by atoms with van der Waals surface area (Å²) in [5, 5.41) is 2.91. The average Bonchev–Trinajstić information content (AvgIpc) is 3.10. The summed E-state index contributed by atoms with van der Waals surface area (Å²) in [6, 6.07) is 4.15. The molecule has 104 valence electrons. The molecule has 1 aromatic rings. The minimum Gasteiger partial charge on any atom is -0.496 e. The number of carbonyl (C=O) groups excluding carboxylic acids is 1. The Kier molecular flexibility index (Phi) is 3.80. The van der Waals surface area contributed by atoms with E-state index in [-0.39, 0.29) is 5.91 Å². The number of amides is 1. The van der Waals surface area contributed by atoms with E-state index in [2.05, 4.69) is 18.3 Å². The molecule has 0 heterocycles. The van der Waals surface area contributed by atoms with Gasteiger partial charge in [-0.05, 0) is 55.9 Å². The van der Waals surface area contributed by atoms with Crippen molar-refractivity contribution in [3.63, 3.8) is 0 Å². The standard InChI is InChI=1S/C15H22N2O2/c1-10-8-11(2)12(13(9-10)19-3)4-7-17-14(18)15(16)5-6-15/h8-9H,4-7,16H2,1-3H3,(H,17,18). The summed E-state index contributed by atoms with van der Waals surface area (Å²) in [6.07, 6.45) is 2.36. The van der Waals surface area contributed by atoms with Crippen LogP contribution in [0.2, 0.25) is 0 Å². The predicted octanol–water partition coefficient (Wildman–Crippen LogP) is 1.46. The number of nitrogens with one attached hydrogen (secondary N) is 1. The van der Waals surface area contributed by atoms with Crippen molar-refractivity contribution in [2.75, 3.05) is 13.7 Å². The van der Waals surface area contributed by atoms with Crippen molar-refractivity contribution in [1.82, 2.24) is 5.32 Å². The second kappa shape index (κ2) is 5.21. The van der Waals surface area contributed by atoms with Crippen LogP contribution in [0.3, 0.4) is 0 Å². The number of nitrogens with two attached hydrogens (primary N) is 1. The Morgan fingerprint density at radius 2 is 2.11 bits per heavy atom. The Bertz CT molecular complexity index is 493. The second-order valence-electron chi connectivity index (χ2n) is 5.42. The minimum atomic E-state index is -0.591. The molecule has 4 nitrogen and oxygen atoms in total. The summed E-state index contributed by atoms with van der Waals surface area (Å²) >= 11 is 0. The van der Waals surface area contributed by atoms with Gasteiger partial charge in [0.1, 0.15) is 5.75 Å². The number of aryl methyl sites for hydroxylation is 2. The summed E-state index contributed by atoms with van der Waals surface area (Å²) in [5.74, 6) is 0.858. The fourth-order valence-corrected chi connectivity index (χ4v) is 2.30. The third-order valence-electron chi connectivity index (χ3n) is 3.70. The van der Waals surface area contributed by atoms with Crippen LogP contribution in [0.1, 0.15) is 29.5 Å². The highest BCUT2D eigenvalue weighted by atomic mass is 16.5. The van der Waals surface area contributed by atoms with Gasteiger partial charge in [-0.2, -0.15) is 0 Å². The van der Waals surface area contributed by atoms with Gasteiger partial charge in [0.05, 0.1) is 12.6 Å². The van der Waals surface area contributed by atoms with E-state index in [1.807, 2.05) is 13.0 Å². The zero-order valence-corrected chi connectivity index (χ0v) is 11.9. The normalized spacial score (nSPS) is 16.0. The predicted molar refractivity (Wildman–Crippen MR) is 75.3 cm³/mol. The monoisotopic (exact) mass is 262 g/mol. The van der Waals surface area contributed by atoms with Crippen LogP contribution in [0.5, 0.6) is 5.75 Å². The summed E-state index contributed by atoms with van der Waals surface area (Å²) in [6.45, 7) is 4.71. The van der Waals surface area contributed by atoms with Crippen molar-refractivity contribution in [3.8, 4) is 5.75 Å². The molecule has 0 aliphatic heterocycles. The average molecular weight is 262 g/mol. The van der Waals surface area contributed by atoms with Gasteiger partial charge in [0.2, 0.25) is 5.91 Å². The molecule has 1 saturated carbocycles. The fraction of sp³-hybridized carbons (Fsp3) is 0.533. The molecular formula is C15H22N2O2. The maximum absolute atomic E-state index is 11.7. The van der Waals surface area contributed by atoms with E-state index in [4.69, 9.17) is 10.5 Å². The smallest absolute Gasteiger partial charge is 0.240 e. The quantitative estimate of drug-likeness (QED) is 0.844. The molecule has 0 unspecified atom stereocenters. The molecule has 0 atom stereocenters. The molecule has 19 heavy (non-hydrogen) atoms. The van der Waals surface area contributed by atoms with Crippen LogP contribution in [0.4, 0.5) is 0 Å². The van der Waals surface area contributed by atoms with Gasteiger partial charge in [-0.25, -0.2) is 0 Å². The zero-order valence-electron chi connectivity index (χ0n) is 11.9. The van der Waals surface area contributed by atoms with Crippen LogP contribution in [0.25, 0.3) is 0 Å². The number of methoxy groups -OCH3 is 1. The topological polar surface area (TPSA) is 64.3 Å². The number of rotatable bonds is 5. The maximum atomic E-state index is 11.7. The van der Waals surface area contributed by atoms with Gasteiger partial charge < -0.3 is 15.8 Å². The highest BCUT2D eigenvalue weighted by molar-refractivity contribution is 5.88. The number of ether oxygens (including phenoxy) is 1. The third kappa shape index (κ3) is 3.07. The Balaban J connectivity index is 1.97. The van der Waals surface area contributed by atoms with Gasteiger partial charge in [0.25, 0.3) is 0 Å². The van der Waals surface area contributed by atoms with Crippen molar-refractivity contribution >= 4 is 5.91 Å². The first-order valence-electron chi connectivity index (χ1n) is 6.67. The van der Waals surface area contributed by atoms with Crippen molar-refractivity contribution in [2.45, 2.75) is 38.6 Å². The van der Waals surface area contributed by atoms with Crippen LogP contribution in [0.15, 0.2) is 12.1 Å². The molecule has 3 N–H and O–H groups in total. The number of hydrogen-bond acceptors (Lipinski definition) is 3. The largest absolute Gasteiger partial charge is 0.496 e. The number of benzene rings is 1. The Morgan fingerprint density at radius 1 is 1.42 bits per heavy atom. The van der Waals surface area contributed by atoms with E-state index >= 15 is 0 Å². The molecule has 0 spiro atoms. The lowest BCUT2D eigenvalue weighted by atomic mass is 10.0. The number of carbonyl (C=O) groups is 1. The molecule has 1 fully saturated rings. The molecule has 1 aromatic carbocycles. The Morgan fingerprint density at radius 3 is 2.68 bits per heavy atom. The Hall–Kier alpha value is -1.55. The third-order valence-corrected chi connectivity index (χ3v) is 3.70. The SMILES string of the molecule is COc1cc(C)cc(C)c1CCNC(=O)C1(N)CC1. The maximum Gasteiger partial charge on any atom is 0.240 e. The minimum absolute atomic E-state index is 0.0313. The van der Waals surface area contributed by atoms with Crippen molar-refractivity contribution < 1.29 is 9.53 Å². The second-order valence-corrected chi connectivity index (χ2v) is 5.42. The molecule has 2 rings (SSSR count). The highest BCUT2D eigenvalue weighted by Crippen LogP contribution is 2.32. The van der Waals surface area contributed by atoms with Crippen LogP contribution < -0.4 is 15.8 Å². The lowest BCUT2D eigenvalue weighted by Crippen LogP contribution is -2.43. The molecule has 1 amide bonds. The van der Waals surface area contributed by atoms with Gasteiger partial charge in [0, 0.05) is 6.54 Å². The van der Waals surface area contributed by atoms with Gasteiger partial charge in [0.15, 0.2) is 0 Å². The Labute approximate surface area is 114 Å². The number of hydrogen-bond donors (Lipinski definition) is 2. The zero-order chi connectivity index (χ0) is 14.0. The summed E-state index contributed by atoms with van der Waals surface area (Å²) in [5.41, 5.74) is 8.77. The van der Waals surface area contributed by atoms with E-state index in [0.29, 0.717) is 6.54 Å². The van der Waals surface area contributed by atoms with E-state index in [9.17, 15) is 4.79 Å². The first-order chi connectivity index (χ1) is 8.96. The van der Waals surface area contributed by atoms with Crippen molar-refractivity contribution in [3.05, 3.63) is 28.8 Å². The highest BCUT2D eigenvalue weighted by Gasteiger charge is 2.45. The molecule has 1 aliphatic rings. The van der Waals surface area contributed by atoms with E-state index in [1.165, 1.54) is 11.1 Å². The molecule has 0 aromatic heterocycles. The fourth-order valence-electron chi connectivity index (χ4n) is 2.30. The van der Waals surface area contributed by atoms with Crippen molar-refractivity contribution in [1.29, 1.82) is 0 Å². The van der Waals surface area contributed by atoms with Crippen LogP contribution in [0, 0.1) is 13.8 Å². The van der Waals surface area contributed by atoms with Crippen LogP contribution in [-0.2, 0) is 11.2 Å². The summed E-state index contributed by atoms with van der Waals surface area (Å²) in [4.78, 5) is 11.7. The molecule has 0 saturated heterocycles. The van der Waals surface area contributed by atoms with Gasteiger partial charge in [-0.15, -0.1) is 0 Å². The molecule has 0 radical (unpaired) electrons. The first-order valence-corrected chi connectivity index (χ1v) is 6.67. The van der Waals surface area contributed by atoms with E-state index in [0.717, 1.165) is 30.6 Å². The summed E-state index contributed by atoms with van der Waals surface area (Å²) < 4.78 is 5.41. The van der Waals surface area contributed by atoms with E-state index in [1.54, 1.807) is 7.11 Å². The first kappa shape index (κ1) is 13.9. The van der Waals surface area contributed by atoms with Crippen LogP contribution in [-0.4, -0.2) is 25.1 Å². The van der Waals surface area contributed by atoms with Gasteiger partial charge >= 0.3 is 0 Å². The molecule has 4 heteroatoms. The van der Waals surface area contributed by atoms with Crippen molar-refractivity contribution in [2.24, 2.45) is 5.73 Å². The van der Waals surface area contributed by atoms with Gasteiger partial charge in [-0.3, -0.25) is 4.79 Å². The molecule has 0 bridgehead atoms. The van der Waals surface area contributed by atoms with E-state index < -0.39 is 5.54 Å². The molecular weight excluding hydrogens is 240 g/mol. The lowest BCUT2D eigenvalue weighted by Gasteiger charge is -2.14. The molecule has 1 aliphatic carbocycles. The van der Waals surface area contributed by atoms with Gasteiger partial charge in [-0.1, -0.05) is 6.07 Å². The van der Waals surface area contributed by atoms with Crippen LogP contribution >= 0.6 is 0 Å². The summed E-state index contributed by atoms with van der Waals surface area (Å²) in [7, 11) is 1.68.